The highest BCUT2D eigenvalue weighted by molar-refractivity contribution is 9.10. The van der Waals surface area contributed by atoms with Crippen molar-refractivity contribution in [1.82, 2.24) is 14.5 Å². The number of hydrogen-bond donors (Lipinski definition) is 0. The second kappa shape index (κ2) is 2.92. The molecule has 0 atom stereocenters. The summed E-state index contributed by atoms with van der Waals surface area (Å²) >= 11 is 3.28. The molecule has 0 N–H and O–H groups in total. The van der Waals surface area contributed by atoms with E-state index in [1.165, 1.54) is 17.1 Å². The highest BCUT2D eigenvalue weighted by atomic mass is 79.9. The zero-order chi connectivity index (χ0) is 9.42. The fourth-order valence-corrected chi connectivity index (χ4v) is 1.54. The Balaban J connectivity index is 3.03. The minimum absolute atomic E-state index is 0.0844. The van der Waals surface area contributed by atoms with E-state index in [1.807, 2.05) is 0 Å². The second-order valence-corrected chi connectivity index (χ2v) is 3.53. The summed E-state index contributed by atoms with van der Waals surface area (Å²) in [5, 5.41) is 0.527. The van der Waals surface area contributed by atoms with Crippen LogP contribution in [0.4, 0.5) is 0 Å². The van der Waals surface area contributed by atoms with Crippen molar-refractivity contribution in [2.24, 2.45) is 7.05 Å². The first-order chi connectivity index (χ1) is 6.20. The predicted molar refractivity (Wildman–Crippen MR) is 52.5 cm³/mol. The lowest BCUT2D eigenvalue weighted by atomic mass is 10.3. The normalized spacial score (nSPS) is 10.6. The lowest BCUT2D eigenvalue weighted by molar-refractivity contribution is 0.841. The average Bonchev–Trinajstić information content (AvgIpc) is 2.12. The van der Waals surface area contributed by atoms with Crippen molar-refractivity contribution in [1.29, 1.82) is 0 Å². The molecule has 4 nitrogen and oxygen atoms in total. The van der Waals surface area contributed by atoms with Gasteiger partial charge in [-0.1, -0.05) is 0 Å². The van der Waals surface area contributed by atoms with Crippen molar-refractivity contribution < 1.29 is 0 Å². The molecule has 13 heavy (non-hydrogen) atoms. The van der Waals surface area contributed by atoms with E-state index in [-0.39, 0.29) is 5.56 Å². The lowest BCUT2D eigenvalue weighted by Gasteiger charge is -2.00. The molecule has 0 aromatic carbocycles. The molecule has 0 fully saturated rings. The maximum atomic E-state index is 11.5. The van der Waals surface area contributed by atoms with Gasteiger partial charge < -0.3 is 4.57 Å². The minimum atomic E-state index is -0.0844. The van der Waals surface area contributed by atoms with E-state index in [2.05, 4.69) is 25.9 Å². The predicted octanol–water partition coefficient (Wildman–Crippen LogP) is 1.09. The van der Waals surface area contributed by atoms with Crippen LogP contribution >= 0.6 is 15.9 Å². The minimum Gasteiger partial charge on any atom is -0.302 e. The number of rotatable bonds is 0. The molecular formula is C8H6BrN3O. The van der Waals surface area contributed by atoms with Crippen molar-refractivity contribution in [3.63, 3.8) is 0 Å². The Morgan fingerprint density at radius 1 is 1.46 bits per heavy atom. The molecule has 0 saturated heterocycles. The maximum Gasteiger partial charge on any atom is 0.262 e. The van der Waals surface area contributed by atoms with Gasteiger partial charge in [-0.05, 0) is 15.9 Å². The van der Waals surface area contributed by atoms with Crippen LogP contribution in [0.15, 0.2) is 28.0 Å². The number of pyridine rings is 1. The summed E-state index contributed by atoms with van der Waals surface area (Å²) in [6, 6.07) is 0. The summed E-state index contributed by atoms with van der Waals surface area (Å²) in [5.74, 6) is 0. The fourth-order valence-electron chi connectivity index (χ4n) is 1.10. The van der Waals surface area contributed by atoms with E-state index in [4.69, 9.17) is 0 Å². The number of aromatic nitrogens is 3. The molecule has 0 aliphatic rings. The summed E-state index contributed by atoms with van der Waals surface area (Å²) in [6.07, 6.45) is 4.64. The molecule has 2 aromatic rings. The SMILES string of the molecule is Cn1cnc2c(Br)cncc2c1=O. The van der Waals surface area contributed by atoms with Crippen LogP contribution in [0.3, 0.4) is 0 Å². The van der Waals surface area contributed by atoms with E-state index in [1.54, 1.807) is 13.2 Å². The second-order valence-electron chi connectivity index (χ2n) is 2.68. The number of hydrogen-bond acceptors (Lipinski definition) is 3. The molecule has 2 aromatic heterocycles. The summed E-state index contributed by atoms with van der Waals surface area (Å²) in [6.45, 7) is 0. The van der Waals surface area contributed by atoms with Crippen molar-refractivity contribution in [2.45, 2.75) is 0 Å². The van der Waals surface area contributed by atoms with Gasteiger partial charge in [-0.15, -0.1) is 0 Å². The summed E-state index contributed by atoms with van der Waals surface area (Å²) < 4.78 is 2.17. The number of aryl methyl sites for hydroxylation is 1. The first-order valence-electron chi connectivity index (χ1n) is 3.65. The lowest BCUT2D eigenvalue weighted by Crippen LogP contribution is -2.17. The highest BCUT2D eigenvalue weighted by Crippen LogP contribution is 2.16. The first kappa shape index (κ1) is 8.37. The van der Waals surface area contributed by atoms with Crippen molar-refractivity contribution in [3.8, 4) is 0 Å². The molecule has 0 aliphatic carbocycles. The van der Waals surface area contributed by atoms with Crippen LogP contribution in [-0.4, -0.2) is 14.5 Å². The van der Waals surface area contributed by atoms with Crippen LogP contribution < -0.4 is 5.56 Å². The molecule has 5 heteroatoms. The smallest absolute Gasteiger partial charge is 0.262 e. The maximum absolute atomic E-state index is 11.5. The molecule has 66 valence electrons. The van der Waals surface area contributed by atoms with Crippen LogP contribution in [0.1, 0.15) is 0 Å². The van der Waals surface area contributed by atoms with Gasteiger partial charge in [-0.25, -0.2) is 4.98 Å². The fraction of sp³-hybridized carbons (Fsp3) is 0.125. The third-order valence-electron chi connectivity index (χ3n) is 1.78. The van der Waals surface area contributed by atoms with Gasteiger partial charge >= 0.3 is 0 Å². The molecule has 0 amide bonds. The summed E-state index contributed by atoms with van der Waals surface area (Å²) in [4.78, 5) is 19.6. The Bertz CT molecular complexity index is 520. The molecule has 0 aliphatic heterocycles. The van der Waals surface area contributed by atoms with Crippen LogP contribution in [-0.2, 0) is 7.05 Å². The third kappa shape index (κ3) is 1.25. The van der Waals surface area contributed by atoms with Gasteiger partial charge in [0.1, 0.15) is 0 Å². The van der Waals surface area contributed by atoms with E-state index in [9.17, 15) is 4.79 Å². The van der Waals surface area contributed by atoms with E-state index in [0.717, 1.165) is 4.47 Å². The van der Waals surface area contributed by atoms with Crippen molar-refractivity contribution >= 4 is 26.8 Å². The quantitative estimate of drug-likeness (QED) is 0.692. The third-order valence-corrected chi connectivity index (χ3v) is 2.36. The van der Waals surface area contributed by atoms with Gasteiger partial charge in [0.2, 0.25) is 0 Å². The Kier molecular flexibility index (Phi) is 1.88. The number of nitrogens with zero attached hydrogens (tertiary/aromatic N) is 3. The molecule has 0 spiro atoms. The Labute approximate surface area is 82.4 Å². The van der Waals surface area contributed by atoms with Gasteiger partial charge in [0.25, 0.3) is 5.56 Å². The largest absolute Gasteiger partial charge is 0.302 e. The van der Waals surface area contributed by atoms with E-state index in [0.29, 0.717) is 10.9 Å². The van der Waals surface area contributed by atoms with Gasteiger partial charge in [0.05, 0.1) is 21.7 Å². The van der Waals surface area contributed by atoms with Gasteiger partial charge in [0, 0.05) is 19.4 Å². The average molecular weight is 240 g/mol. The van der Waals surface area contributed by atoms with E-state index >= 15 is 0 Å². The summed E-state index contributed by atoms with van der Waals surface area (Å²) in [5.41, 5.74) is 0.567. The van der Waals surface area contributed by atoms with Gasteiger partial charge in [-0.3, -0.25) is 9.78 Å². The van der Waals surface area contributed by atoms with Crippen molar-refractivity contribution in [3.05, 3.63) is 33.5 Å². The van der Waals surface area contributed by atoms with Crippen LogP contribution in [0.2, 0.25) is 0 Å². The zero-order valence-electron chi connectivity index (χ0n) is 6.86. The van der Waals surface area contributed by atoms with Gasteiger partial charge in [-0.2, -0.15) is 0 Å². The molecule has 2 rings (SSSR count). The van der Waals surface area contributed by atoms with Gasteiger partial charge in [0.15, 0.2) is 0 Å². The number of fused-ring (bicyclic) bond motifs is 1. The molecular weight excluding hydrogens is 234 g/mol. The van der Waals surface area contributed by atoms with E-state index < -0.39 is 0 Å². The monoisotopic (exact) mass is 239 g/mol. The standard InChI is InChI=1S/C8H6BrN3O/c1-12-4-11-7-5(8(12)13)2-10-3-6(7)9/h2-4H,1H3. The Morgan fingerprint density at radius 2 is 2.23 bits per heavy atom. The topological polar surface area (TPSA) is 47.8 Å². The Hall–Kier alpha value is -1.23. The van der Waals surface area contributed by atoms with Crippen LogP contribution in [0, 0.1) is 0 Å². The van der Waals surface area contributed by atoms with Crippen LogP contribution in [0.5, 0.6) is 0 Å². The number of halogens is 1. The molecule has 0 unspecified atom stereocenters. The Morgan fingerprint density at radius 3 is 3.00 bits per heavy atom. The molecule has 0 bridgehead atoms. The highest BCUT2D eigenvalue weighted by Gasteiger charge is 2.04. The first-order valence-corrected chi connectivity index (χ1v) is 4.44. The molecule has 0 saturated carbocycles. The molecule has 2 heterocycles. The van der Waals surface area contributed by atoms with Crippen LogP contribution in [0.25, 0.3) is 10.9 Å². The zero-order valence-corrected chi connectivity index (χ0v) is 8.45. The molecule has 0 radical (unpaired) electrons. The van der Waals surface area contributed by atoms with Crippen molar-refractivity contribution in [2.75, 3.05) is 0 Å². The summed E-state index contributed by atoms with van der Waals surface area (Å²) in [7, 11) is 1.66.